The van der Waals surface area contributed by atoms with Crippen molar-refractivity contribution in [1.82, 2.24) is 58.5 Å². The minimum atomic E-state index is -1.93. The first-order valence-corrected chi connectivity index (χ1v) is 45.0. The fourth-order valence-electron chi connectivity index (χ4n) is 20.9. The van der Waals surface area contributed by atoms with Crippen molar-refractivity contribution < 1.29 is 86.9 Å². The molecule has 3 atom stereocenters. The average Bonchev–Trinajstić information content (AvgIpc) is 1.65. The van der Waals surface area contributed by atoms with Gasteiger partial charge in [0.1, 0.15) is 43.6 Å². The molecule has 33 heteroatoms. The molecule has 4 saturated heterocycles. The fraction of sp³-hybridized carbons (Fsp3) is 0.448. The van der Waals surface area contributed by atoms with E-state index in [4.69, 9.17) is 38.4 Å². The number of piperidine rings is 4. The number of benzene rings is 3. The largest absolute Gasteiger partial charge is 0.508 e. The Labute approximate surface area is 739 Å². The van der Waals surface area contributed by atoms with Crippen LogP contribution >= 0.6 is 0 Å². The zero-order valence-electron chi connectivity index (χ0n) is 72.1. The van der Waals surface area contributed by atoms with Gasteiger partial charge in [-0.2, -0.15) is 0 Å². The first-order chi connectivity index (χ1) is 62.3. The van der Waals surface area contributed by atoms with Gasteiger partial charge in [0.15, 0.2) is 11.2 Å². The van der Waals surface area contributed by atoms with Crippen molar-refractivity contribution in [2.45, 2.75) is 198 Å². The van der Waals surface area contributed by atoms with E-state index in [0.717, 1.165) is 71.6 Å². The normalized spacial score (nSPS) is 22.8. The van der Waals surface area contributed by atoms with Gasteiger partial charge in [0, 0.05) is 112 Å². The van der Waals surface area contributed by atoms with E-state index in [0.29, 0.717) is 168 Å². The molecule has 0 spiro atoms. The van der Waals surface area contributed by atoms with Gasteiger partial charge in [-0.25, -0.2) is 38.9 Å². The van der Waals surface area contributed by atoms with E-state index < -0.39 is 52.8 Å². The molecule has 0 bridgehead atoms. The van der Waals surface area contributed by atoms with E-state index in [2.05, 4.69) is 20.1 Å². The lowest BCUT2D eigenvalue weighted by molar-refractivity contribution is -0.189. The second-order valence-corrected chi connectivity index (χ2v) is 35.7. The highest BCUT2D eigenvalue weighted by atomic mass is 16.6. The lowest BCUT2D eigenvalue weighted by atomic mass is 9.81. The number of pyridine rings is 6. The molecule has 12 aliphatic rings. The number of hydrogen-bond acceptors (Lipinski definition) is 26. The van der Waals surface area contributed by atoms with Gasteiger partial charge < -0.3 is 82.4 Å². The molecule has 3 unspecified atom stereocenters. The first kappa shape index (κ1) is 85.6. The van der Waals surface area contributed by atoms with Gasteiger partial charge in [-0.3, -0.25) is 38.5 Å². The standard InChI is InChI=1S/C45H50N6O10.C31H34N4O6.C20H16N2O5/c1-2-45(61-39(54)23-46-41(55)28-8-6-27(7-9-28)24-51-37(52)12-13-38(51)53)34-22-36-40-30(25-50(36)42(56)33(34)26-59-43(45)57)20-29-21-32(10-11-35(29)47-40)60-44(58)49-18-14-31(15-19-49)48-16-4-3-5-17-48;1-2-31(39)24-16-26-27-20(17-35(26)28(36)23(24)18-40-29(31)37)14-19-15-22(6-7-25(19)32-27)41-30(38)34-12-8-21(9-13-34)33-10-4-3-5-11-33;1-2-20(26)14-7-16-17-11(5-10-6-12(23)3-4-15(10)21-17)8-22(16)18(24)13(14)9-27-19(20)25/h10-13,20-22,27-28,31H,2-9,14-19,23-26H2,1H3,(H,46,55);6-7,14-16,21,39H,2-5,8-13,17-18H2,1H3;3-7,23,26H,2,8-9H2,1H3. The zero-order valence-corrected chi connectivity index (χ0v) is 72.1. The van der Waals surface area contributed by atoms with Crippen molar-refractivity contribution in [3.63, 3.8) is 0 Å². The maximum atomic E-state index is 14.1. The maximum Gasteiger partial charge on any atom is 0.415 e. The lowest BCUT2D eigenvalue weighted by Gasteiger charge is -2.39. The van der Waals surface area contributed by atoms with Crippen LogP contribution < -0.4 is 31.5 Å². The second-order valence-electron chi connectivity index (χ2n) is 35.7. The smallest absolute Gasteiger partial charge is 0.415 e. The molecule has 5 amide bonds. The Balaban J connectivity index is 0.000000136. The zero-order chi connectivity index (χ0) is 89.6. The average molecular weight is 1760 g/mol. The number of carbonyl (C=O) groups excluding carboxylic acids is 9. The van der Waals surface area contributed by atoms with Crippen molar-refractivity contribution >= 4 is 86.5 Å². The number of carbonyl (C=O) groups is 9. The number of aliphatic hydroxyl groups is 2. The van der Waals surface area contributed by atoms with Gasteiger partial charge in [-0.1, -0.05) is 33.6 Å². The SMILES string of the molecule is CCC1(O)C(=O)OCc2c1cc1n(c2=O)Cc2cc3cc(O)ccc3nc2-1.CCC1(O)C(=O)OCc2c1cc1n(c2=O)Cc2cc3cc(OC(=O)N4CCC(N5CCCCC5)CC4)ccc3nc2-1.CCC1(OC(=O)CNC(=O)C2CCC(CN3C(=O)C=CC3=O)CC2)C(=O)OCc2c1cc1n(c2=O)Cc2cc3cc(OC(=O)N4CCC(N5CCCCC5)CC4)ccc3nc2-1. The highest BCUT2D eigenvalue weighted by molar-refractivity contribution is 6.13. The summed E-state index contributed by atoms with van der Waals surface area (Å²) in [5.41, 5.74) is 2.90. The first-order valence-electron chi connectivity index (χ1n) is 45.0. The number of cyclic esters (lactones) is 3. The number of imide groups is 1. The van der Waals surface area contributed by atoms with E-state index >= 15 is 0 Å². The molecule has 3 aromatic carbocycles. The van der Waals surface area contributed by atoms with E-state index in [1.165, 1.54) is 68.7 Å². The van der Waals surface area contributed by atoms with Crippen LogP contribution in [0.25, 0.3) is 66.9 Å². The summed E-state index contributed by atoms with van der Waals surface area (Å²) in [6, 6.07) is 27.4. The van der Waals surface area contributed by atoms with E-state index in [-0.39, 0.29) is 115 Å². The molecular weight excluding hydrogens is 1660 g/mol. The molecule has 6 aromatic heterocycles. The number of hydrogen-bond donors (Lipinski definition) is 4. The molecule has 0 radical (unpaired) electrons. The van der Waals surface area contributed by atoms with Crippen LogP contribution in [0.15, 0.2) is 118 Å². The van der Waals surface area contributed by atoms with Crippen LogP contribution in [0.5, 0.6) is 17.2 Å². The minimum absolute atomic E-state index is 0.0288. The Morgan fingerprint density at radius 1 is 0.465 bits per heavy atom. The van der Waals surface area contributed by atoms with Gasteiger partial charge in [-0.15, -0.1) is 0 Å². The number of phenols is 1. The van der Waals surface area contributed by atoms with Crippen LogP contribution in [0.3, 0.4) is 0 Å². The van der Waals surface area contributed by atoms with Crippen molar-refractivity contribution in [2.24, 2.45) is 11.8 Å². The summed E-state index contributed by atoms with van der Waals surface area (Å²) in [5.74, 6) is -3.41. The Kier molecular flexibility index (Phi) is 22.8. The number of amides is 5. The van der Waals surface area contributed by atoms with Crippen LogP contribution in [-0.4, -0.2) is 200 Å². The molecule has 9 aromatic rings. The number of aromatic nitrogens is 6. The molecule has 5 fully saturated rings. The maximum absolute atomic E-state index is 14.1. The third-order valence-electron chi connectivity index (χ3n) is 28.3. The molecule has 4 N–H and O–H groups in total. The Morgan fingerprint density at radius 2 is 0.868 bits per heavy atom. The molecule has 21 rings (SSSR count). The van der Waals surface area contributed by atoms with Crippen LogP contribution in [0.1, 0.15) is 180 Å². The minimum Gasteiger partial charge on any atom is -0.508 e. The number of phenolic OH excluding ortho intramolecular Hbond substituents is 1. The van der Waals surface area contributed by atoms with E-state index in [9.17, 15) is 72.9 Å². The number of nitrogens with zero attached hydrogens (tertiary/aromatic N) is 11. The van der Waals surface area contributed by atoms with Crippen molar-refractivity contribution in [2.75, 3.05) is 65.4 Å². The van der Waals surface area contributed by atoms with Crippen LogP contribution in [0.4, 0.5) is 9.59 Å². The van der Waals surface area contributed by atoms with Gasteiger partial charge >= 0.3 is 36.1 Å². The Bertz CT molecular complexity index is 6400. The van der Waals surface area contributed by atoms with E-state index in [1.807, 2.05) is 18.2 Å². The summed E-state index contributed by atoms with van der Waals surface area (Å²) < 4.78 is 38.0. The van der Waals surface area contributed by atoms with Crippen LogP contribution in [-0.2, 0) is 109 Å². The molecule has 129 heavy (non-hydrogen) atoms. The molecular formula is C96H100N12O21. The quantitative estimate of drug-likeness (QED) is 0.0474. The predicted molar refractivity (Wildman–Crippen MR) is 466 cm³/mol. The van der Waals surface area contributed by atoms with Gasteiger partial charge in [0.05, 0.1) is 87.0 Å². The molecule has 1 aliphatic carbocycles. The third kappa shape index (κ3) is 15.6. The highest BCUT2D eigenvalue weighted by Gasteiger charge is 2.52. The Hall–Kier alpha value is -12.9. The number of fused-ring (bicyclic) bond motifs is 15. The summed E-state index contributed by atoms with van der Waals surface area (Å²) in [7, 11) is 0. The summed E-state index contributed by atoms with van der Waals surface area (Å²) in [6.07, 6.45) is 15.8. The second kappa shape index (κ2) is 34.3. The summed E-state index contributed by atoms with van der Waals surface area (Å²) in [5, 5.41) is 36.5. The molecule has 33 nitrogen and oxygen atoms in total. The van der Waals surface area contributed by atoms with Crippen molar-refractivity contribution in [3.05, 3.63) is 184 Å². The molecule has 670 valence electrons. The summed E-state index contributed by atoms with van der Waals surface area (Å²) >= 11 is 0. The monoisotopic (exact) mass is 1760 g/mol. The number of nitrogens with one attached hydrogen (secondary N) is 1. The fourth-order valence-corrected chi connectivity index (χ4v) is 20.9. The lowest BCUT2D eigenvalue weighted by Crippen LogP contribution is -2.49. The van der Waals surface area contributed by atoms with Gasteiger partial charge in [0.25, 0.3) is 28.5 Å². The number of esters is 4. The third-order valence-corrected chi connectivity index (χ3v) is 28.3. The Morgan fingerprint density at radius 3 is 1.29 bits per heavy atom. The van der Waals surface area contributed by atoms with E-state index in [1.54, 1.807) is 117 Å². The summed E-state index contributed by atoms with van der Waals surface area (Å²) in [4.78, 5) is 180. The molecule has 17 heterocycles. The number of ether oxygens (including phenoxy) is 6. The molecule has 11 aliphatic heterocycles. The number of likely N-dealkylation sites (tertiary alicyclic amines) is 4. The van der Waals surface area contributed by atoms with Crippen molar-refractivity contribution in [3.8, 4) is 51.4 Å². The topological polar surface area (TPSA) is 403 Å². The number of aromatic hydroxyl groups is 1. The van der Waals surface area contributed by atoms with Crippen molar-refractivity contribution in [1.29, 1.82) is 0 Å². The predicted octanol–water partition coefficient (Wildman–Crippen LogP) is 9.24. The molecule has 1 saturated carbocycles. The van der Waals surface area contributed by atoms with Gasteiger partial charge in [0.2, 0.25) is 11.5 Å². The summed E-state index contributed by atoms with van der Waals surface area (Å²) in [6.45, 7) is 12.4. The highest BCUT2D eigenvalue weighted by Crippen LogP contribution is 2.45. The number of rotatable bonds is 13. The van der Waals surface area contributed by atoms with Crippen LogP contribution in [0, 0.1) is 11.8 Å². The van der Waals surface area contributed by atoms with Crippen LogP contribution in [0.2, 0.25) is 0 Å². The van der Waals surface area contributed by atoms with Gasteiger partial charge in [-0.05, 0) is 219 Å².